The molecule has 2 fully saturated rings. The quantitative estimate of drug-likeness (QED) is 0.668. The molecular weight excluding hydrogens is 268 g/mol. The molecule has 0 spiro atoms. The van der Waals surface area contributed by atoms with Crippen molar-refractivity contribution in [3.63, 3.8) is 0 Å². The summed E-state index contributed by atoms with van der Waals surface area (Å²) in [5, 5.41) is 21.5. The van der Waals surface area contributed by atoms with Crippen LogP contribution in [0.5, 0.6) is 0 Å². The molecule has 3 rings (SSSR count). The van der Waals surface area contributed by atoms with E-state index in [1.165, 1.54) is 12.1 Å². The number of rotatable bonds is 2. The molecule has 0 radical (unpaired) electrons. The number of aliphatic hydroxyl groups excluding tert-OH is 1. The van der Waals surface area contributed by atoms with Crippen molar-refractivity contribution < 1.29 is 10.0 Å². The number of nitrogens with zero attached hydrogens (tertiary/aromatic N) is 2. The molecule has 2 aliphatic rings. The molecule has 0 amide bonds. The van der Waals surface area contributed by atoms with Gasteiger partial charge in [-0.25, -0.2) is 0 Å². The third-order valence-electron chi connectivity index (χ3n) is 4.29. The predicted octanol–water partition coefficient (Wildman–Crippen LogP) is 2.46. The summed E-state index contributed by atoms with van der Waals surface area (Å²) in [6.45, 7) is 1.44. The monoisotopic (exact) mass is 282 g/mol. The maximum atomic E-state index is 11.1. The van der Waals surface area contributed by atoms with E-state index in [2.05, 4.69) is 0 Å². The van der Waals surface area contributed by atoms with Gasteiger partial charge in [-0.1, -0.05) is 11.6 Å². The van der Waals surface area contributed by atoms with Gasteiger partial charge in [0.2, 0.25) is 0 Å². The van der Waals surface area contributed by atoms with Crippen molar-refractivity contribution >= 4 is 23.0 Å². The van der Waals surface area contributed by atoms with Crippen LogP contribution in [0.2, 0.25) is 5.02 Å². The fraction of sp³-hybridized carbons (Fsp3) is 0.538. The van der Waals surface area contributed by atoms with E-state index < -0.39 is 0 Å². The van der Waals surface area contributed by atoms with E-state index in [1.54, 1.807) is 6.07 Å². The summed E-state index contributed by atoms with van der Waals surface area (Å²) < 4.78 is 0. The number of aliphatic hydroxyl groups is 1. The summed E-state index contributed by atoms with van der Waals surface area (Å²) in [6.07, 6.45) is 1.57. The van der Waals surface area contributed by atoms with Crippen LogP contribution < -0.4 is 4.90 Å². The Labute approximate surface area is 115 Å². The highest BCUT2D eigenvalue weighted by atomic mass is 35.5. The molecule has 19 heavy (non-hydrogen) atoms. The van der Waals surface area contributed by atoms with Gasteiger partial charge in [0.15, 0.2) is 0 Å². The lowest BCUT2D eigenvalue weighted by Gasteiger charge is -2.20. The first-order valence-corrected chi connectivity index (χ1v) is 6.81. The van der Waals surface area contributed by atoms with Crippen LogP contribution in [0.3, 0.4) is 0 Å². The normalized spacial score (nSPS) is 29.6. The van der Waals surface area contributed by atoms with Crippen LogP contribution in [-0.4, -0.2) is 29.2 Å². The number of anilines is 1. The standard InChI is InChI=1S/C13H15ClN2O3/c14-9-2-3-11(16(18)19)12(5-9)15-6-8-1-4-13(17)10(8)7-15/h2-3,5,8,10,13,17H,1,4,6-7H2. The van der Waals surface area contributed by atoms with Gasteiger partial charge in [-0.3, -0.25) is 10.1 Å². The van der Waals surface area contributed by atoms with Crippen LogP contribution in [0.25, 0.3) is 0 Å². The Balaban J connectivity index is 1.91. The molecule has 1 saturated heterocycles. The number of hydrogen-bond donors (Lipinski definition) is 1. The minimum atomic E-state index is -0.379. The Bertz CT molecular complexity index is 523. The van der Waals surface area contributed by atoms with E-state index in [9.17, 15) is 15.2 Å². The Morgan fingerprint density at radius 2 is 2.16 bits per heavy atom. The second-order valence-corrected chi connectivity index (χ2v) is 5.80. The van der Waals surface area contributed by atoms with Crippen LogP contribution in [0.4, 0.5) is 11.4 Å². The van der Waals surface area contributed by atoms with E-state index in [4.69, 9.17) is 11.6 Å². The van der Waals surface area contributed by atoms with Crippen LogP contribution >= 0.6 is 11.6 Å². The van der Waals surface area contributed by atoms with Gasteiger partial charge in [0.1, 0.15) is 5.69 Å². The smallest absolute Gasteiger partial charge is 0.292 e. The van der Waals surface area contributed by atoms with Gasteiger partial charge < -0.3 is 10.0 Å². The number of nitro groups is 1. The SMILES string of the molecule is O=[N+]([O-])c1ccc(Cl)cc1N1CC2CCC(O)C2C1. The number of benzene rings is 1. The minimum Gasteiger partial charge on any atom is -0.393 e. The highest BCUT2D eigenvalue weighted by Gasteiger charge is 2.43. The molecule has 1 N–H and O–H groups in total. The van der Waals surface area contributed by atoms with Crippen molar-refractivity contribution in [2.45, 2.75) is 18.9 Å². The molecule has 1 aliphatic heterocycles. The van der Waals surface area contributed by atoms with E-state index in [0.717, 1.165) is 19.4 Å². The lowest BCUT2D eigenvalue weighted by Crippen LogP contribution is -2.25. The van der Waals surface area contributed by atoms with Crippen molar-refractivity contribution in [2.24, 2.45) is 11.8 Å². The predicted molar refractivity (Wildman–Crippen MR) is 72.5 cm³/mol. The van der Waals surface area contributed by atoms with Crippen LogP contribution in [0.15, 0.2) is 18.2 Å². The second kappa shape index (κ2) is 4.65. The maximum Gasteiger partial charge on any atom is 0.292 e. The third kappa shape index (κ3) is 2.17. The number of hydrogen-bond acceptors (Lipinski definition) is 4. The van der Waals surface area contributed by atoms with E-state index in [0.29, 0.717) is 23.2 Å². The minimum absolute atomic E-state index is 0.0823. The molecule has 1 aliphatic carbocycles. The molecule has 1 saturated carbocycles. The fourth-order valence-electron chi connectivity index (χ4n) is 3.34. The number of fused-ring (bicyclic) bond motifs is 1. The molecule has 6 heteroatoms. The van der Waals surface area contributed by atoms with Crippen molar-refractivity contribution in [1.82, 2.24) is 0 Å². The Morgan fingerprint density at radius 1 is 1.37 bits per heavy atom. The largest absolute Gasteiger partial charge is 0.393 e. The average molecular weight is 283 g/mol. The van der Waals surface area contributed by atoms with Crippen molar-refractivity contribution in [1.29, 1.82) is 0 Å². The first kappa shape index (κ1) is 12.7. The molecule has 1 aromatic rings. The molecule has 3 atom stereocenters. The van der Waals surface area contributed by atoms with Gasteiger partial charge in [-0.15, -0.1) is 0 Å². The Hall–Kier alpha value is -1.33. The second-order valence-electron chi connectivity index (χ2n) is 5.36. The Morgan fingerprint density at radius 3 is 2.84 bits per heavy atom. The van der Waals surface area contributed by atoms with Gasteiger partial charge in [0.25, 0.3) is 5.69 Å². The van der Waals surface area contributed by atoms with E-state index in [-0.39, 0.29) is 22.6 Å². The number of nitro benzene ring substituents is 1. The zero-order valence-corrected chi connectivity index (χ0v) is 11.1. The van der Waals surface area contributed by atoms with Crippen molar-refractivity contribution in [2.75, 3.05) is 18.0 Å². The molecule has 3 unspecified atom stereocenters. The zero-order chi connectivity index (χ0) is 13.6. The van der Waals surface area contributed by atoms with Crippen LogP contribution in [0, 0.1) is 22.0 Å². The first-order chi connectivity index (χ1) is 9.06. The third-order valence-corrected chi connectivity index (χ3v) is 4.53. The van der Waals surface area contributed by atoms with Gasteiger partial charge in [0.05, 0.1) is 11.0 Å². The highest BCUT2D eigenvalue weighted by Crippen LogP contribution is 2.42. The summed E-state index contributed by atoms with van der Waals surface area (Å²) in [7, 11) is 0. The van der Waals surface area contributed by atoms with E-state index >= 15 is 0 Å². The zero-order valence-electron chi connectivity index (χ0n) is 10.3. The summed E-state index contributed by atoms with van der Waals surface area (Å²) >= 11 is 5.95. The molecule has 0 aromatic heterocycles. The number of halogens is 1. The van der Waals surface area contributed by atoms with Crippen molar-refractivity contribution in [3.05, 3.63) is 33.3 Å². The molecule has 102 valence electrons. The highest BCUT2D eigenvalue weighted by molar-refractivity contribution is 6.31. The van der Waals surface area contributed by atoms with Gasteiger partial charge in [-0.05, 0) is 30.9 Å². The summed E-state index contributed by atoms with van der Waals surface area (Å²) in [5.74, 6) is 0.673. The molecule has 1 aromatic carbocycles. The van der Waals surface area contributed by atoms with E-state index in [1.807, 2.05) is 4.90 Å². The first-order valence-electron chi connectivity index (χ1n) is 6.43. The van der Waals surface area contributed by atoms with Crippen molar-refractivity contribution in [3.8, 4) is 0 Å². The summed E-state index contributed by atoms with van der Waals surface area (Å²) in [5.41, 5.74) is 0.651. The molecule has 5 nitrogen and oxygen atoms in total. The van der Waals surface area contributed by atoms with Crippen LogP contribution in [0.1, 0.15) is 12.8 Å². The van der Waals surface area contributed by atoms with Gasteiger partial charge >= 0.3 is 0 Å². The van der Waals surface area contributed by atoms with Gasteiger partial charge in [0, 0.05) is 30.1 Å². The fourth-order valence-corrected chi connectivity index (χ4v) is 3.50. The average Bonchev–Trinajstić information content (AvgIpc) is 2.91. The Kier molecular flexibility index (Phi) is 3.11. The molecular formula is C13H15ClN2O3. The summed E-state index contributed by atoms with van der Waals surface area (Å²) in [4.78, 5) is 12.7. The lowest BCUT2D eigenvalue weighted by molar-refractivity contribution is -0.384. The maximum absolute atomic E-state index is 11.1. The lowest BCUT2D eigenvalue weighted by atomic mass is 10.00. The molecule has 0 bridgehead atoms. The molecule has 1 heterocycles. The summed E-state index contributed by atoms with van der Waals surface area (Å²) in [6, 6.07) is 4.63. The van der Waals surface area contributed by atoms with Crippen LogP contribution in [-0.2, 0) is 0 Å². The topological polar surface area (TPSA) is 66.6 Å². The van der Waals surface area contributed by atoms with Gasteiger partial charge in [-0.2, -0.15) is 0 Å².